The van der Waals surface area contributed by atoms with E-state index in [4.69, 9.17) is 39.4 Å². The third kappa shape index (κ3) is 3.56. The Morgan fingerprint density at radius 3 is 2.63 bits per heavy atom. The van der Waals surface area contributed by atoms with Crippen molar-refractivity contribution < 1.29 is 4.74 Å². The number of nitrogen functional groups attached to an aromatic ring is 1. The number of hydrogen-bond acceptors (Lipinski definition) is 5. The molecular weight excluding hydrogens is 423 g/mol. The molecule has 0 radical (unpaired) electrons. The van der Waals surface area contributed by atoms with E-state index in [1.807, 2.05) is 13.0 Å². The summed E-state index contributed by atoms with van der Waals surface area (Å²) in [5.41, 5.74) is 15.2. The lowest BCUT2D eigenvalue weighted by Gasteiger charge is -2.37. The lowest BCUT2D eigenvalue weighted by molar-refractivity contribution is 0.0969. The summed E-state index contributed by atoms with van der Waals surface area (Å²) in [6.07, 6.45) is 5.88. The summed E-state index contributed by atoms with van der Waals surface area (Å²) in [7, 11) is 0. The lowest BCUT2D eigenvalue weighted by atomic mass is 9.68. The van der Waals surface area contributed by atoms with Gasteiger partial charge in [-0.05, 0) is 57.7 Å². The second-order valence-electron chi connectivity index (χ2n) is 8.40. The highest BCUT2D eigenvalue weighted by Gasteiger charge is 2.46. The fraction of sp³-hybridized carbons (Fsp3) is 0.455. The van der Waals surface area contributed by atoms with E-state index in [1.165, 1.54) is 10.1 Å². The van der Waals surface area contributed by atoms with E-state index in [0.29, 0.717) is 22.0 Å². The van der Waals surface area contributed by atoms with Gasteiger partial charge >= 0.3 is 0 Å². The predicted octanol–water partition coefficient (Wildman–Crippen LogP) is 4.12. The first-order valence-corrected chi connectivity index (χ1v) is 10.9. The summed E-state index contributed by atoms with van der Waals surface area (Å²) < 4.78 is 7.10. The van der Waals surface area contributed by atoms with Crippen LogP contribution in [0, 0.1) is 12.3 Å². The van der Waals surface area contributed by atoms with E-state index in [9.17, 15) is 4.79 Å². The van der Waals surface area contributed by atoms with Crippen LogP contribution in [0.3, 0.4) is 0 Å². The summed E-state index contributed by atoms with van der Waals surface area (Å²) in [6, 6.07) is 5.14. The molecule has 2 aromatic rings. The van der Waals surface area contributed by atoms with Crippen LogP contribution in [-0.4, -0.2) is 28.3 Å². The number of aromatic nitrogens is 2. The van der Waals surface area contributed by atoms with Gasteiger partial charge in [-0.2, -0.15) is 0 Å². The van der Waals surface area contributed by atoms with Crippen molar-refractivity contribution in [3.63, 3.8) is 0 Å². The van der Waals surface area contributed by atoms with E-state index in [0.717, 1.165) is 32.3 Å². The molecule has 6 nitrogen and oxygen atoms in total. The van der Waals surface area contributed by atoms with Gasteiger partial charge in [0.1, 0.15) is 0 Å². The maximum atomic E-state index is 13.1. The average molecular weight is 449 g/mol. The summed E-state index contributed by atoms with van der Waals surface area (Å²) in [5.74, 6) is 0.0777. The predicted molar refractivity (Wildman–Crippen MR) is 121 cm³/mol. The van der Waals surface area contributed by atoms with Gasteiger partial charge in [0.15, 0.2) is 0 Å². The molecule has 1 aromatic carbocycles. The fourth-order valence-electron chi connectivity index (χ4n) is 4.56. The Kier molecular flexibility index (Phi) is 5.70. The summed E-state index contributed by atoms with van der Waals surface area (Å²) in [5, 5.41) is 0.617. The molecule has 0 bridgehead atoms. The van der Waals surface area contributed by atoms with E-state index >= 15 is 0 Å². The highest BCUT2D eigenvalue weighted by Crippen LogP contribution is 2.46. The highest BCUT2D eigenvalue weighted by molar-refractivity contribution is 6.43. The molecule has 4 rings (SSSR count). The molecule has 1 aliphatic heterocycles. The maximum Gasteiger partial charge on any atom is 0.263 e. The third-order valence-corrected chi connectivity index (χ3v) is 7.43. The number of halogens is 2. The molecule has 4 N–H and O–H groups in total. The molecule has 1 saturated heterocycles. The first kappa shape index (κ1) is 21.4. The first-order valence-electron chi connectivity index (χ1n) is 10.1. The second kappa shape index (κ2) is 8.00. The molecule has 160 valence electrons. The van der Waals surface area contributed by atoms with Gasteiger partial charge in [0, 0.05) is 17.0 Å². The van der Waals surface area contributed by atoms with E-state index < -0.39 is 0 Å². The molecule has 2 atom stereocenters. The standard InChI is InChI=1S/C22H26Cl2N4O2/c1-12-16(10-14-6-8-22(9-7-14)11-30-13(2)19(22)25)27-21(26)28(20(12)29)17-5-3-4-15(23)18(17)24/h3-5,10,13,19H,6-9,11,25H2,1-2H3,(H2,26,27)/t13-,19+,22?/m0/s1. The van der Waals surface area contributed by atoms with Gasteiger partial charge in [0.2, 0.25) is 5.95 Å². The number of benzene rings is 1. The first-order chi connectivity index (χ1) is 14.2. The Balaban J connectivity index is 1.64. The number of rotatable bonds is 2. The zero-order valence-corrected chi connectivity index (χ0v) is 18.6. The Morgan fingerprint density at radius 2 is 2.00 bits per heavy atom. The number of allylic oxidation sites excluding steroid dienone is 1. The minimum absolute atomic E-state index is 0.0605. The Bertz CT molecular complexity index is 1070. The molecule has 2 heterocycles. The summed E-state index contributed by atoms with van der Waals surface area (Å²) in [4.78, 5) is 17.6. The topological polar surface area (TPSA) is 96.2 Å². The van der Waals surface area contributed by atoms with Crippen LogP contribution in [0.5, 0.6) is 0 Å². The molecule has 0 amide bonds. The van der Waals surface area contributed by atoms with E-state index in [2.05, 4.69) is 4.98 Å². The number of anilines is 1. The lowest BCUT2D eigenvalue weighted by Crippen LogP contribution is -2.44. The van der Waals surface area contributed by atoms with Crippen molar-refractivity contribution in [1.82, 2.24) is 9.55 Å². The molecule has 0 unspecified atom stereocenters. The van der Waals surface area contributed by atoms with Crippen molar-refractivity contribution in [2.75, 3.05) is 12.3 Å². The van der Waals surface area contributed by atoms with Crippen molar-refractivity contribution in [2.45, 2.75) is 51.7 Å². The van der Waals surface area contributed by atoms with Crippen LogP contribution in [0.1, 0.15) is 43.9 Å². The van der Waals surface area contributed by atoms with Gasteiger partial charge in [-0.25, -0.2) is 9.55 Å². The molecule has 1 spiro atoms. The van der Waals surface area contributed by atoms with Gasteiger partial charge in [0.25, 0.3) is 5.56 Å². The molecule has 30 heavy (non-hydrogen) atoms. The van der Waals surface area contributed by atoms with Crippen molar-refractivity contribution in [3.05, 3.63) is 55.4 Å². The number of nitrogens with zero attached hydrogens (tertiary/aromatic N) is 2. The second-order valence-corrected chi connectivity index (χ2v) is 9.19. The van der Waals surface area contributed by atoms with Crippen LogP contribution in [0.4, 0.5) is 5.95 Å². The number of hydrogen-bond donors (Lipinski definition) is 2. The molecule has 8 heteroatoms. The third-order valence-electron chi connectivity index (χ3n) is 6.62. The summed E-state index contributed by atoms with van der Waals surface area (Å²) >= 11 is 12.4. The molecular formula is C22H26Cl2N4O2. The van der Waals surface area contributed by atoms with Crippen molar-refractivity contribution in [2.24, 2.45) is 11.1 Å². The highest BCUT2D eigenvalue weighted by atomic mass is 35.5. The van der Waals surface area contributed by atoms with Crippen LogP contribution in [0.25, 0.3) is 11.8 Å². The molecule has 1 aromatic heterocycles. The number of ether oxygens (including phenoxy) is 1. The fourth-order valence-corrected chi connectivity index (χ4v) is 4.94. The van der Waals surface area contributed by atoms with Crippen LogP contribution in [0.15, 0.2) is 28.6 Å². The van der Waals surface area contributed by atoms with Gasteiger partial charge in [-0.15, -0.1) is 0 Å². The van der Waals surface area contributed by atoms with Crippen molar-refractivity contribution >= 4 is 35.2 Å². The van der Waals surface area contributed by atoms with E-state index in [-0.39, 0.29) is 34.1 Å². The SMILES string of the molecule is Cc1c(C=C2CCC3(CC2)CO[C@@H](C)[C@H]3N)nc(N)n(-c2cccc(Cl)c2Cl)c1=O. The van der Waals surface area contributed by atoms with Gasteiger partial charge in [-0.3, -0.25) is 4.79 Å². The van der Waals surface area contributed by atoms with Crippen LogP contribution < -0.4 is 17.0 Å². The largest absolute Gasteiger partial charge is 0.376 e. The minimum atomic E-state index is -0.258. The normalized spacial score (nSPS) is 26.4. The maximum absolute atomic E-state index is 13.1. The molecule has 1 aliphatic carbocycles. The van der Waals surface area contributed by atoms with Gasteiger partial charge in [-0.1, -0.05) is 34.8 Å². The monoisotopic (exact) mass is 448 g/mol. The quantitative estimate of drug-likeness (QED) is 0.719. The minimum Gasteiger partial charge on any atom is -0.376 e. The number of nitrogens with two attached hydrogens (primary N) is 2. The Morgan fingerprint density at radius 1 is 1.30 bits per heavy atom. The van der Waals surface area contributed by atoms with Crippen molar-refractivity contribution in [3.8, 4) is 5.69 Å². The van der Waals surface area contributed by atoms with Crippen LogP contribution >= 0.6 is 23.2 Å². The zero-order chi connectivity index (χ0) is 21.6. The smallest absolute Gasteiger partial charge is 0.263 e. The van der Waals surface area contributed by atoms with Crippen LogP contribution in [0.2, 0.25) is 10.0 Å². The van der Waals surface area contributed by atoms with E-state index in [1.54, 1.807) is 25.1 Å². The summed E-state index contributed by atoms with van der Waals surface area (Å²) in [6.45, 7) is 4.52. The van der Waals surface area contributed by atoms with Crippen molar-refractivity contribution in [1.29, 1.82) is 0 Å². The van der Waals surface area contributed by atoms with Gasteiger partial charge in [0.05, 0.1) is 34.1 Å². The molecule has 2 fully saturated rings. The Hall–Kier alpha value is -1.86. The molecule has 2 aliphatic rings. The molecule has 1 saturated carbocycles. The average Bonchev–Trinajstić information content (AvgIpc) is 2.99. The Labute approximate surface area is 185 Å². The zero-order valence-electron chi connectivity index (χ0n) is 17.1. The van der Waals surface area contributed by atoms with Crippen LogP contribution in [-0.2, 0) is 4.74 Å². The van der Waals surface area contributed by atoms with Gasteiger partial charge < -0.3 is 16.2 Å².